The minimum absolute atomic E-state index is 0.133. The summed E-state index contributed by atoms with van der Waals surface area (Å²) in [6, 6.07) is 6.42. The Morgan fingerprint density at radius 2 is 1.52 bits per heavy atom. The Morgan fingerprint density at radius 3 is 2.13 bits per heavy atom. The van der Waals surface area contributed by atoms with E-state index in [2.05, 4.69) is 15.7 Å². The summed E-state index contributed by atoms with van der Waals surface area (Å²) in [6.07, 6.45) is 1.29. The summed E-state index contributed by atoms with van der Waals surface area (Å²) in [4.78, 5) is 0. The van der Waals surface area contributed by atoms with Crippen molar-refractivity contribution in [2.24, 2.45) is 0 Å². The maximum Gasteiger partial charge on any atom is 0.200 e. The number of methoxy groups -OCH3 is 2. The van der Waals surface area contributed by atoms with Crippen LogP contribution in [0.25, 0.3) is 0 Å². The number of nitrogens with zero attached hydrogens (tertiary/aromatic N) is 2. The maximum absolute atomic E-state index is 13.8. The predicted octanol–water partition coefficient (Wildman–Crippen LogP) is 4.45. The Hall–Kier alpha value is -3.41. The number of benzene rings is 2. The largest absolute Gasteiger partial charge is 0.493 e. The van der Waals surface area contributed by atoms with Crippen molar-refractivity contribution in [3.8, 4) is 11.5 Å². The van der Waals surface area contributed by atoms with Crippen molar-refractivity contribution in [3.05, 3.63) is 65.1 Å². The smallest absolute Gasteiger partial charge is 0.200 e. The van der Waals surface area contributed by atoms with Gasteiger partial charge >= 0.3 is 0 Å². The van der Waals surface area contributed by atoms with Gasteiger partial charge in [0.15, 0.2) is 45.7 Å². The average Bonchev–Trinajstić information content (AvgIpc) is 3.20. The van der Waals surface area contributed by atoms with E-state index in [1.807, 2.05) is 0 Å². The van der Waals surface area contributed by atoms with Crippen molar-refractivity contribution in [2.45, 2.75) is 6.54 Å². The SMILES string of the molecule is COc1ccc(NC(=S)Nc2ccn(Cc3c(F)c(F)c(F)c(F)c3F)n2)cc1OC. The molecule has 3 aromatic rings. The summed E-state index contributed by atoms with van der Waals surface area (Å²) in [7, 11) is 2.98. The molecule has 0 saturated heterocycles. The number of halogens is 5. The van der Waals surface area contributed by atoms with Crippen LogP contribution < -0.4 is 20.1 Å². The molecule has 0 radical (unpaired) electrons. The first-order valence-corrected chi connectivity index (χ1v) is 8.99. The molecule has 31 heavy (non-hydrogen) atoms. The number of anilines is 2. The molecular formula is C19H15F5N4O2S. The molecule has 6 nitrogen and oxygen atoms in total. The van der Waals surface area contributed by atoms with Crippen molar-refractivity contribution < 1.29 is 31.4 Å². The van der Waals surface area contributed by atoms with Crippen molar-refractivity contribution in [2.75, 3.05) is 24.9 Å². The van der Waals surface area contributed by atoms with E-state index < -0.39 is 41.2 Å². The van der Waals surface area contributed by atoms with Gasteiger partial charge < -0.3 is 20.1 Å². The number of hydrogen-bond acceptors (Lipinski definition) is 4. The molecular weight excluding hydrogens is 443 g/mol. The summed E-state index contributed by atoms with van der Waals surface area (Å²) in [5.41, 5.74) is -0.423. The first kappa shape index (κ1) is 22.3. The van der Waals surface area contributed by atoms with Gasteiger partial charge in [0.1, 0.15) is 0 Å². The number of thiocarbonyl (C=S) groups is 1. The van der Waals surface area contributed by atoms with E-state index in [0.717, 1.165) is 4.68 Å². The van der Waals surface area contributed by atoms with Crippen molar-refractivity contribution in [3.63, 3.8) is 0 Å². The molecule has 0 saturated carbocycles. The van der Waals surface area contributed by atoms with Gasteiger partial charge in [0, 0.05) is 24.0 Å². The highest BCUT2D eigenvalue weighted by molar-refractivity contribution is 7.80. The number of ether oxygens (including phenoxy) is 2. The summed E-state index contributed by atoms with van der Waals surface area (Å²) >= 11 is 5.18. The predicted molar refractivity (Wildman–Crippen MR) is 107 cm³/mol. The van der Waals surface area contributed by atoms with Crippen LogP contribution in [-0.4, -0.2) is 29.1 Å². The third-order valence-corrected chi connectivity index (χ3v) is 4.35. The molecule has 0 amide bonds. The quantitative estimate of drug-likeness (QED) is 0.246. The fourth-order valence-corrected chi connectivity index (χ4v) is 2.88. The zero-order chi connectivity index (χ0) is 22.7. The van der Waals surface area contributed by atoms with Gasteiger partial charge in [-0.05, 0) is 24.4 Å². The van der Waals surface area contributed by atoms with Crippen LogP contribution in [0.15, 0.2) is 30.5 Å². The number of aromatic nitrogens is 2. The van der Waals surface area contributed by atoms with Crippen LogP contribution in [0.5, 0.6) is 11.5 Å². The molecule has 0 aliphatic rings. The number of hydrogen-bond donors (Lipinski definition) is 2. The molecule has 2 aromatic carbocycles. The lowest BCUT2D eigenvalue weighted by molar-refractivity contribution is 0.355. The number of rotatable bonds is 6. The number of nitrogens with one attached hydrogen (secondary N) is 2. The second-order valence-electron chi connectivity index (χ2n) is 6.10. The summed E-state index contributed by atoms with van der Waals surface area (Å²) in [5, 5.41) is 9.74. The Kier molecular flexibility index (Phi) is 6.59. The monoisotopic (exact) mass is 458 g/mol. The van der Waals surface area contributed by atoms with E-state index in [1.165, 1.54) is 26.5 Å². The molecule has 164 valence electrons. The zero-order valence-corrected chi connectivity index (χ0v) is 16.9. The lowest BCUT2D eigenvalue weighted by Crippen LogP contribution is -2.19. The van der Waals surface area contributed by atoms with E-state index in [4.69, 9.17) is 21.7 Å². The van der Waals surface area contributed by atoms with Gasteiger partial charge in [-0.15, -0.1) is 0 Å². The lowest BCUT2D eigenvalue weighted by atomic mass is 10.1. The summed E-state index contributed by atoms with van der Waals surface area (Å²) < 4.78 is 78.9. The Bertz CT molecular complexity index is 1110. The second kappa shape index (κ2) is 9.16. The van der Waals surface area contributed by atoms with E-state index >= 15 is 0 Å². The second-order valence-corrected chi connectivity index (χ2v) is 6.50. The molecule has 1 heterocycles. The van der Waals surface area contributed by atoms with Crippen molar-refractivity contribution >= 4 is 28.8 Å². The van der Waals surface area contributed by atoms with Gasteiger partial charge in [0.2, 0.25) is 5.82 Å². The minimum Gasteiger partial charge on any atom is -0.493 e. The molecule has 2 N–H and O–H groups in total. The minimum atomic E-state index is -2.21. The van der Waals surface area contributed by atoms with E-state index in [1.54, 1.807) is 18.2 Å². The van der Waals surface area contributed by atoms with E-state index in [0.29, 0.717) is 17.2 Å². The Morgan fingerprint density at radius 1 is 0.903 bits per heavy atom. The maximum atomic E-state index is 13.8. The highest BCUT2D eigenvalue weighted by Gasteiger charge is 2.25. The van der Waals surface area contributed by atoms with Crippen LogP contribution in [0.2, 0.25) is 0 Å². The molecule has 0 aliphatic heterocycles. The molecule has 0 fully saturated rings. The highest BCUT2D eigenvalue weighted by atomic mass is 32.1. The van der Waals surface area contributed by atoms with Crippen LogP contribution >= 0.6 is 12.2 Å². The molecule has 3 rings (SSSR count). The molecule has 0 aliphatic carbocycles. The van der Waals surface area contributed by atoms with Crippen LogP contribution in [0, 0.1) is 29.1 Å². The standard InChI is InChI=1S/C19H15F5N4O2S/c1-29-11-4-3-9(7-12(11)30-2)25-19(31)26-13-5-6-28(27-13)8-10-14(20)16(22)18(24)17(23)15(10)21/h3-7H,8H2,1-2H3,(H2,25,26,27,31). The van der Waals surface area contributed by atoms with Gasteiger partial charge in [-0.3, -0.25) is 4.68 Å². The third-order valence-electron chi connectivity index (χ3n) is 4.14. The Labute approximate surface area is 178 Å². The van der Waals surface area contributed by atoms with Gasteiger partial charge in [-0.2, -0.15) is 5.10 Å². The summed E-state index contributed by atoms with van der Waals surface area (Å²) in [5.74, 6) is -8.88. The molecule has 0 spiro atoms. The molecule has 1 aromatic heterocycles. The molecule has 12 heteroatoms. The first-order chi connectivity index (χ1) is 14.7. The fourth-order valence-electron chi connectivity index (χ4n) is 2.66. The normalized spacial score (nSPS) is 10.7. The topological polar surface area (TPSA) is 60.3 Å². The summed E-state index contributed by atoms with van der Waals surface area (Å²) in [6.45, 7) is -0.677. The van der Waals surface area contributed by atoms with Gasteiger partial charge in [-0.25, -0.2) is 22.0 Å². The van der Waals surface area contributed by atoms with Crippen LogP contribution in [0.4, 0.5) is 33.5 Å². The van der Waals surface area contributed by atoms with E-state index in [-0.39, 0.29) is 10.9 Å². The van der Waals surface area contributed by atoms with Crippen molar-refractivity contribution in [1.82, 2.24) is 9.78 Å². The lowest BCUT2D eigenvalue weighted by Gasteiger charge is -2.12. The molecule has 0 bridgehead atoms. The molecule has 0 unspecified atom stereocenters. The van der Waals surface area contributed by atoms with Crippen LogP contribution in [0.1, 0.15) is 5.56 Å². The fraction of sp³-hybridized carbons (Fsp3) is 0.158. The highest BCUT2D eigenvalue weighted by Crippen LogP contribution is 2.30. The average molecular weight is 458 g/mol. The van der Waals surface area contributed by atoms with E-state index in [9.17, 15) is 22.0 Å². The van der Waals surface area contributed by atoms with Gasteiger partial charge in [-0.1, -0.05) is 0 Å². The zero-order valence-electron chi connectivity index (χ0n) is 16.1. The van der Waals surface area contributed by atoms with Crippen molar-refractivity contribution in [1.29, 1.82) is 0 Å². The van der Waals surface area contributed by atoms with Gasteiger partial charge in [0.05, 0.1) is 26.3 Å². The van der Waals surface area contributed by atoms with Crippen LogP contribution in [0.3, 0.4) is 0 Å². The molecule has 0 atom stereocenters. The van der Waals surface area contributed by atoms with Gasteiger partial charge in [0.25, 0.3) is 0 Å². The third kappa shape index (κ3) is 4.68. The Balaban J connectivity index is 1.70. The van der Waals surface area contributed by atoms with Crippen LogP contribution in [-0.2, 0) is 6.54 Å². The first-order valence-electron chi connectivity index (χ1n) is 8.59.